The zero-order valence-electron chi connectivity index (χ0n) is 17.2. The second-order valence-electron chi connectivity index (χ2n) is 7.74. The van der Waals surface area contributed by atoms with Gasteiger partial charge in [0.15, 0.2) is 17.5 Å². The van der Waals surface area contributed by atoms with Gasteiger partial charge >= 0.3 is 5.97 Å². The van der Waals surface area contributed by atoms with Gasteiger partial charge in [-0.25, -0.2) is 28.2 Å². The van der Waals surface area contributed by atoms with Crippen LogP contribution in [0.2, 0.25) is 0 Å². The first-order valence-corrected chi connectivity index (χ1v) is 10.1. The Morgan fingerprint density at radius 2 is 2.09 bits per heavy atom. The van der Waals surface area contributed by atoms with Gasteiger partial charge < -0.3 is 10.0 Å². The maximum Gasteiger partial charge on any atom is 0.326 e. The number of carbonyl (C=O) groups is 1. The molecule has 2 unspecified atom stereocenters. The molecule has 2 aromatic heterocycles. The number of benzene rings is 1. The number of halogens is 2. The van der Waals surface area contributed by atoms with Crippen molar-refractivity contribution in [3.05, 3.63) is 59.4 Å². The molecule has 1 N–H and O–H groups in total. The number of aromatic nitrogens is 4. The topological polar surface area (TPSA) is 108 Å². The van der Waals surface area contributed by atoms with E-state index in [1.165, 1.54) is 21.7 Å². The van der Waals surface area contributed by atoms with Gasteiger partial charge in [0.2, 0.25) is 0 Å². The van der Waals surface area contributed by atoms with Crippen LogP contribution in [0.5, 0.6) is 0 Å². The molecule has 3 heterocycles. The predicted molar refractivity (Wildman–Crippen MR) is 111 cm³/mol. The van der Waals surface area contributed by atoms with Crippen LogP contribution in [0.1, 0.15) is 31.0 Å². The van der Waals surface area contributed by atoms with Gasteiger partial charge in [-0.2, -0.15) is 10.4 Å². The van der Waals surface area contributed by atoms with Crippen molar-refractivity contribution in [3.63, 3.8) is 0 Å². The van der Waals surface area contributed by atoms with Crippen molar-refractivity contribution in [1.29, 1.82) is 5.26 Å². The van der Waals surface area contributed by atoms with Crippen molar-refractivity contribution in [1.82, 2.24) is 19.7 Å². The number of carboxylic acid groups (broad SMARTS) is 1. The van der Waals surface area contributed by atoms with Gasteiger partial charge in [-0.05, 0) is 24.8 Å². The highest BCUT2D eigenvalue weighted by molar-refractivity contribution is 5.78. The monoisotopic (exact) mass is 438 g/mol. The average Bonchev–Trinajstić information content (AvgIpc) is 3.18. The molecule has 0 amide bonds. The van der Waals surface area contributed by atoms with E-state index in [1.54, 1.807) is 18.2 Å². The van der Waals surface area contributed by atoms with E-state index in [1.807, 2.05) is 13.0 Å². The number of carboxylic acids is 1. The second-order valence-corrected chi connectivity index (χ2v) is 7.74. The molecule has 0 bridgehead atoms. The van der Waals surface area contributed by atoms with Gasteiger partial charge in [0.25, 0.3) is 0 Å². The molecular formula is C22H20F2N6O2. The number of nitrogens with zero attached hydrogens (tertiary/aromatic N) is 6. The lowest BCUT2D eigenvalue weighted by molar-refractivity contribution is -0.140. The van der Waals surface area contributed by atoms with Crippen LogP contribution >= 0.6 is 0 Å². The minimum Gasteiger partial charge on any atom is -0.480 e. The van der Waals surface area contributed by atoms with E-state index in [0.29, 0.717) is 18.5 Å². The molecular weight excluding hydrogens is 418 g/mol. The Hall–Kier alpha value is -3.87. The molecule has 1 aliphatic rings. The van der Waals surface area contributed by atoms with Crippen LogP contribution in [0.3, 0.4) is 0 Å². The minimum atomic E-state index is -1.04. The third-order valence-corrected chi connectivity index (χ3v) is 5.59. The summed E-state index contributed by atoms with van der Waals surface area (Å²) in [5.41, 5.74) is 0.717. The van der Waals surface area contributed by atoms with Crippen molar-refractivity contribution < 1.29 is 18.7 Å². The van der Waals surface area contributed by atoms with E-state index in [-0.39, 0.29) is 35.5 Å². The SMILES string of the molecule is CC1CCCN(c2nc(-c3cc(C#N)n(Cc4ccccc4F)n3)ncc2F)C1C(=O)O. The molecule has 0 saturated carbocycles. The zero-order valence-corrected chi connectivity index (χ0v) is 17.2. The Morgan fingerprint density at radius 3 is 2.81 bits per heavy atom. The third-order valence-electron chi connectivity index (χ3n) is 5.59. The zero-order chi connectivity index (χ0) is 22.8. The highest BCUT2D eigenvalue weighted by Crippen LogP contribution is 2.30. The van der Waals surface area contributed by atoms with Crippen LogP contribution in [-0.4, -0.2) is 43.4 Å². The molecule has 32 heavy (non-hydrogen) atoms. The molecule has 0 aliphatic carbocycles. The lowest BCUT2D eigenvalue weighted by atomic mass is 9.91. The summed E-state index contributed by atoms with van der Waals surface area (Å²) in [4.78, 5) is 21.5. The highest BCUT2D eigenvalue weighted by atomic mass is 19.1. The van der Waals surface area contributed by atoms with E-state index in [9.17, 15) is 23.9 Å². The molecule has 0 radical (unpaired) electrons. The largest absolute Gasteiger partial charge is 0.480 e. The Bertz CT molecular complexity index is 1210. The maximum absolute atomic E-state index is 14.6. The summed E-state index contributed by atoms with van der Waals surface area (Å²) in [6.07, 6.45) is 2.40. The number of hydrogen-bond acceptors (Lipinski definition) is 6. The standard InChI is InChI=1S/C22H20F2N6O2/c1-13-5-4-8-29(19(13)22(31)32)21-17(24)11-26-20(27-21)18-9-15(10-25)30(28-18)12-14-6-2-3-7-16(14)23/h2-3,6-7,9,11,13,19H,4-5,8,12H2,1H3,(H,31,32). The van der Waals surface area contributed by atoms with Crippen molar-refractivity contribution in [2.45, 2.75) is 32.4 Å². The van der Waals surface area contributed by atoms with Crippen molar-refractivity contribution in [2.75, 3.05) is 11.4 Å². The fraction of sp³-hybridized carbons (Fsp3) is 0.318. The smallest absolute Gasteiger partial charge is 0.326 e. The van der Waals surface area contributed by atoms with E-state index >= 15 is 0 Å². The van der Waals surface area contributed by atoms with E-state index < -0.39 is 23.6 Å². The van der Waals surface area contributed by atoms with Crippen LogP contribution in [0, 0.1) is 28.9 Å². The number of piperidine rings is 1. The van der Waals surface area contributed by atoms with E-state index in [4.69, 9.17) is 0 Å². The molecule has 164 valence electrons. The van der Waals surface area contributed by atoms with Crippen molar-refractivity contribution in [3.8, 4) is 17.6 Å². The molecule has 4 rings (SSSR count). The number of anilines is 1. The van der Waals surface area contributed by atoms with Crippen LogP contribution in [0.4, 0.5) is 14.6 Å². The van der Waals surface area contributed by atoms with Crippen molar-refractivity contribution in [2.24, 2.45) is 5.92 Å². The number of rotatable bonds is 5. The van der Waals surface area contributed by atoms with Gasteiger partial charge in [-0.3, -0.25) is 0 Å². The van der Waals surface area contributed by atoms with Gasteiger partial charge in [-0.15, -0.1) is 0 Å². The molecule has 2 atom stereocenters. The Morgan fingerprint density at radius 1 is 1.31 bits per heavy atom. The Kier molecular flexibility index (Phi) is 5.81. The van der Waals surface area contributed by atoms with Crippen LogP contribution in [0.15, 0.2) is 36.5 Å². The lowest BCUT2D eigenvalue weighted by Crippen LogP contribution is -2.50. The van der Waals surface area contributed by atoms with Gasteiger partial charge in [0.1, 0.15) is 29.3 Å². The summed E-state index contributed by atoms with van der Waals surface area (Å²) < 4.78 is 30.0. The average molecular weight is 438 g/mol. The molecule has 10 heteroatoms. The quantitative estimate of drug-likeness (QED) is 0.652. The molecule has 3 aromatic rings. The van der Waals surface area contributed by atoms with Crippen molar-refractivity contribution >= 4 is 11.8 Å². The maximum atomic E-state index is 14.6. The normalized spacial score (nSPS) is 18.4. The fourth-order valence-electron chi connectivity index (χ4n) is 4.01. The number of nitriles is 1. The first kappa shape index (κ1) is 21.4. The molecule has 1 aliphatic heterocycles. The Balaban J connectivity index is 1.71. The van der Waals surface area contributed by atoms with Crippen LogP contribution < -0.4 is 4.90 Å². The summed E-state index contributed by atoms with van der Waals surface area (Å²) >= 11 is 0. The number of hydrogen-bond donors (Lipinski definition) is 1. The van der Waals surface area contributed by atoms with Gasteiger partial charge in [0.05, 0.1) is 12.7 Å². The van der Waals surface area contributed by atoms with Crippen LogP contribution in [0.25, 0.3) is 11.5 Å². The first-order valence-electron chi connectivity index (χ1n) is 10.1. The summed E-state index contributed by atoms with van der Waals surface area (Å²) in [6, 6.07) is 8.69. The summed E-state index contributed by atoms with van der Waals surface area (Å²) in [5, 5.41) is 23.5. The van der Waals surface area contributed by atoms with E-state index in [0.717, 1.165) is 12.6 Å². The summed E-state index contributed by atoms with van der Waals surface area (Å²) in [5.74, 6) is -2.45. The van der Waals surface area contributed by atoms with Crippen LogP contribution in [-0.2, 0) is 11.3 Å². The molecule has 1 saturated heterocycles. The second kappa shape index (κ2) is 8.70. The lowest BCUT2D eigenvalue weighted by Gasteiger charge is -2.38. The molecule has 0 spiro atoms. The fourth-order valence-corrected chi connectivity index (χ4v) is 4.01. The summed E-state index contributed by atoms with van der Waals surface area (Å²) in [7, 11) is 0. The third kappa shape index (κ3) is 4.01. The molecule has 8 nitrogen and oxygen atoms in total. The first-order chi connectivity index (χ1) is 15.4. The predicted octanol–water partition coefficient (Wildman–Crippen LogP) is 3.23. The van der Waals surface area contributed by atoms with E-state index in [2.05, 4.69) is 15.1 Å². The summed E-state index contributed by atoms with van der Waals surface area (Å²) in [6.45, 7) is 2.18. The molecule has 1 aromatic carbocycles. The highest BCUT2D eigenvalue weighted by Gasteiger charge is 2.36. The minimum absolute atomic E-state index is 0.0222. The van der Waals surface area contributed by atoms with Gasteiger partial charge in [-0.1, -0.05) is 25.1 Å². The van der Waals surface area contributed by atoms with Gasteiger partial charge in [0, 0.05) is 18.2 Å². The Labute approximate surface area is 182 Å². The number of aliphatic carboxylic acids is 1. The molecule has 1 fully saturated rings.